The first-order chi connectivity index (χ1) is 7.24. The van der Waals surface area contributed by atoms with E-state index in [1.54, 1.807) is 6.20 Å². The van der Waals surface area contributed by atoms with Crippen molar-refractivity contribution in [2.24, 2.45) is 0 Å². The molecule has 1 aromatic carbocycles. The lowest BCUT2D eigenvalue weighted by atomic mass is 10.3. The molecule has 0 atom stereocenters. The molecular formula is C11H12N4. The summed E-state index contributed by atoms with van der Waals surface area (Å²) in [5, 5.41) is 3.08. The zero-order valence-electron chi connectivity index (χ0n) is 8.44. The highest BCUT2D eigenvalue weighted by molar-refractivity contribution is 5.59. The van der Waals surface area contributed by atoms with Crippen LogP contribution in [-0.2, 0) is 0 Å². The van der Waals surface area contributed by atoms with Gasteiger partial charge in [-0.25, -0.2) is 9.97 Å². The number of aryl methyl sites for hydroxylation is 1. The van der Waals surface area contributed by atoms with E-state index in [1.807, 2.05) is 37.3 Å². The number of rotatable bonds is 2. The van der Waals surface area contributed by atoms with Crippen molar-refractivity contribution in [1.29, 1.82) is 0 Å². The molecule has 15 heavy (non-hydrogen) atoms. The summed E-state index contributed by atoms with van der Waals surface area (Å²) in [5.41, 5.74) is 8.19. The molecule has 4 nitrogen and oxygen atoms in total. The van der Waals surface area contributed by atoms with E-state index in [0.717, 1.165) is 11.4 Å². The first kappa shape index (κ1) is 9.45. The molecule has 1 heterocycles. The van der Waals surface area contributed by atoms with Crippen molar-refractivity contribution in [1.82, 2.24) is 9.97 Å². The fourth-order valence-electron chi connectivity index (χ4n) is 1.25. The van der Waals surface area contributed by atoms with Gasteiger partial charge in [0.1, 0.15) is 0 Å². The van der Waals surface area contributed by atoms with E-state index in [0.29, 0.717) is 11.6 Å². The summed E-state index contributed by atoms with van der Waals surface area (Å²) in [4.78, 5) is 8.34. The number of nitrogens with zero attached hydrogens (tertiary/aromatic N) is 2. The lowest BCUT2D eigenvalue weighted by molar-refractivity contribution is 1.11. The normalized spacial score (nSPS) is 9.93. The Kier molecular flexibility index (Phi) is 2.49. The number of hydrogen-bond donors (Lipinski definition) is 2. The van der Waals surface area contributed by atoms with E-state index >= 15 is 0 Å². The highest BCUT2D eigenvalue weighted by Crippen LogP contribution is 2.15. The predicted molar refractivity (Wildman–Crippen MR) is 60.9 cm³/mol. The smallest absolute Gasteiger partial charge is 0.227 e. The van der Waals surface area contributed by atoms with Gasteiger partial charge >= 0.3 is 0 Å². The third-order valence-corrected chi connectivity index (χ3v) is 1.94. The Labute approximate surface area is 88.2 Å². The van der Waals surface area contributed by atoms with Gasteiger partial charge in [-0.05, 0) is 31.2 Å². The minimum absolute atomic E-state index is 0.584. The van der Waals surface area contributed by atoms with Crippen molar-refractivity contribution in [3.8, 4) is 0 Å². The number of hydrogen-bond acceptors (Lipinski definition) is 4. The third kappa shape index (κ3) is 2.43. The Hall–Kier alpha value is -2.10. The summed E-state index contributed by atoms with van der Waals surface area (Å²) in [7, 11) is 0. The monoisotopic (exact) mass is 200 g/mol. The van der Waals surface area contributed by atoms with Gasteiger partial charge in [0.15, 0.2) is 0 Å². The second-order valence-corrected chi connectivity index (χ2v) is 3.27. The number of nitrogens with two attached hydrogens (primary N) is 1. The fourth-order valence-corrected chi connectivity index (χ4v) is 1.25. The van der Waals surface area contributed by atoms with Crippen LogP contribution in [0.15, 0.2) is 36.5 Å². The molecule has 0 radical (unpaired) electrons. The van der Waals surface area contributed by atoms with Crippen LogP contribution < -0.4 is 11.1 Å². The van der Waals surface area contributed by atoms with Crippen molar-refractivity contribution >= 4 is 17.3 Å². The molecule has 0 saturated heterocycles. The fraction of sp³-hybridized carbons (Fsp3) is 0.0909. The van der Waals surface area contributed by atoms with E-state index in [1.165, 1.54) is 0 Å². The quantitative estimate of drug-likeness (QED) is 0.729. The second kappa shape index (κ2) is 3.96. The highest BCUT2D eigenvalue weighted by atomic mass is 15.1. The first-order valence-corrected chi connectivity index (χ1v) is 4.66. The Morgan fingerprint density at radius 3 is 2.87 bits per heavy atom. The third-order valence-electron chi connectivity index (χ3n) is 1.94. The Bertz CT molecular complexity index is 424. The van der Waals surface area contributed by atoms with Gasteiger partial charge in [0.25, 0.3) is 0 Å². The van der Waals surface area contributed by atoms with Crippen LogP contribution in [0.3, 0.4) is 0 Å². The van der Waals surface area contributed by atoms with Gasteiger partial charge in [-0.1, -0.05) is 6.07 Å². The number of anilines is 3. The maximum Gasteiger partial charge on any atom is 0.227 e. The molecule has 3 N–H and O–H groups in total. The van der Waals surface area contributed by atoms with Crippen LogP contribution >= 0.6 is 0 Å². The maximum absolute atomic E-state index is 5.66. The van der Waals surface area contributed by atoms with Crippen LogP contribution in [0, 0.1) is 6.92 Å². The standard InChI is InChI=1S/C11H12N4/c1-8-5-6-13-11(14-8)15-10-4-2-3-9(12)7-10/h2-7H,12H2,1H3,(H,13,14,15). The molecule has 0 bridgehead atoms. The Balaban J connectivity index is 2.22. The molecular weight excluding hydrogens is 188 g/mol. The molecule has 1 aromatic heterocycles. The molecule has 0 saturated carbocycles. The van der Waals surface area contributed by atoms with Crippen LogP contribution in [0.4, 0.5) is 17.3 Å². The summed E-state index contributed by atoms with van der Waals surface area (Å²) in [6.45, 7) is 1.92. The summed E-state index contributed by atoms with van der Waals surface area (Å²) in [6, 6.07) is 9.33. The lowest BCUT2D eigenvalue weighted by Gasteiger charge is -2.05. The molecule has 0 aliphatic rings. The minimum atomic E-state index is 0.584. The summed E-state index contributed by atoms with van der Waals surface area (Å²) in [6.07, 6.45) is 1.72. The van der Waals surface area contributed by atoms with Crippen molar-refractivity contribution in [3.63, 3.8) is 0 Å². The summed E-state index contributed by atoms with van der Waals surface area (Å²) in [5.74, 6) is 0.584. The SMILES string of the molecule is Cc1ccnc(Nc2cccc(N)c2)n1. The van der Waals surface area contributed by atoms with Crippen molar-refractivity contribution in [3.05, 3.63) is 42.2 Å². The molecule has 0 amide bonds. The van der Waals surface area contributed by atoms with Crippen molar-refractivity contribution in [2.75, 3.05) is 11.1 Å². The Morgan fingerprint density at radius 1 is 1.27 bits per heavy atom. The van der Waals surface area contributed by atoms with Gasteiger partial charge in [0.05, 0.1) is 0 Å². The van der Waals surface area contributed by atoms with E-state index in [9.17, 15) is 0 Å². The molecule has 0 unspecified atom stereocenters. The topological polar surface area (TPSA) is 63.8 Å². The Morgan fingerprint density at radius 2 is 2.13 bits per heavy atom. The molecule has 2 aromatic rings. The number of nitrogens with one attached hydrogen (secondary N) is 1. The first-order valence-electron chi connectivity index (χ1n) is 4.66. The van der Waals surface area contributed by atoms with Crippen LogP contribution in [0.5, 0.6) is 0 Å². The van der Waals surface area contributed by atoms with Gasteiger partial charge in [-0.2, -0.15) is 0 Å². The molecule has 0 fully saturated rings. The predicted octanol–water partition coefficient (Wildman–Crippen LogP) is 2.11. The molecule has 0 aliphatic heterocycles. The van der Waals surface area contributed by atoms with Crippen LogP contribution in [0.25, 0.3) is 0 Å². The second-order valence-electron chi connectivity index (χ2n) is 3.27. The average molecular weight is 200 g/mol. The summed E-state index contributed by atoms with van der Waals surface area (Å²) >= 11 is 0. The van der Waals surface area contributed by atoms with Crippen molar-refractivity contribution < 1.29 is 0 Å². The van der Waals surface area contributed by atoms with Gasteiger partial charge in [0.2, 0.25) is 5.95 Å². The van der Waals surface area contributed by atoms with Gasteiger partial charge < -0.3 is 11.1 Å². The highest BCUT2D eigenvalue weighted by Gasteiger charge is 1.97. The van der Waals surface area contributed by atoms with Crippen LogP contribution in [0.1, 0.15) is 5.69 Å². The van der Waals surface area contributed by atoms with Gasteiger partial charge in [-0.3, -0.25) is 0 Å². The molecule has 76 valence electrons. The number of aromatic nitrogens is 2. The van der Waals surface area contributed by atoms with Crippen LogP contribution in [0.2, 0.25) is 0 Å². The summed E-state index contributed by atoms with van der Waals surface area (Å²) < 4.78 is 0. The van der Waals surface area contributed by atoms with E-state index < -0.39 is 0 Å². The zero-order valence-corrected chi connectivity index (χ0v) is 8.44. The lowest BCUT2D eigenvalue weighted by Crippen LogP contribution is -1.98. The van der Waals surface area contributed by atoms with E-state index in [-0.39, 0.29) is 0 Å². The maximum atomic E-state index is 5.66. The van der Waals surface area contributed by atoms with Gasteiger partial charge in [0, 0.05) is 23.3 Å². The molecule has 4 heteroatoms. The molecule has 0 aliphatic carbocycles. The van der Waals surface area contributed by atoms with E-state index in [4.69, 9.17) is 5.73 Å². The van der Waals surface area contributed by atoms with Gasteiger partial charge in [-0.15, -0.1) is 0 Å². The minimum Gasteiger partial charge on any atom is -0.399 e. The number of nitrogen functional groups attached to an aromatic ring is 1. The van der Waals surface area contributed by atoms with Crippen molar-refractivity contribution in [2.45, 2.75) is 6.92 Å². The average Bonchev–Trinajstić information content (AvgIpc) is 2.17. The molecule has 0 spiro atoms. The largest absolute Gasteiger partial charge is 0.399 e. The zero-order chi connectivity index (χ0) is 10.7. The number of benzene rings is 1. The van der Waals surface area contributed by atoms with E-state index in [2.05, 4.69) is 15.3 Å². The molecule has 2 rings (SSSR count). The van der Waals surface area contributed by atoms with Crippen LogP contribution in [-0.4, -0.2) is 9.97 Å².